The van der Waals surface area contributed by atoms with E-state index in [9.17, 15) is 4.79 Å². The van der Waals surface area contributed by atoms with Gasteiger partial charge in [0.25, 0.3) is 5.91 Å². The van der Waals surface area contributed by atoms with Crippen LogP contribution in [-0.4, -0.2) is 30.0 Å². The molecule has 14 heavy (non-hydrogen) atoms. The maximum atomic E-state index is 11.3. The van der Waals surface area contributed by atoms with Gasteiger partial charge in [-0.1, -0.05) is 0 Å². The maximum absolute atomic E-state index is 11.3. The molecule has 2 atom stereocenters. The van der Waals surface area contributed by atoms with Gasteiger partial charge in [-0.25, -0.2) is 0 Å². The van der Waals surface area contributed by atoms with E-state index in [0.717, 1.165) is 0 Å². The number of aliphatic hydroxyl groups excluding tert-OH is 1. The molecule has 2 unspecified atom stereocenters. The van der Waals surface area contributed by atoms with Crippen molar-refractivity contribution in [1.82, 2.24) is 16.0 Å². The van der Waals surface area contributed by atoms with Gasteiger partial charge in [0.05, 0.1) is 6.10 Å². The van der Waals surface area contributed by atoms with Crippen LogP contribution in [0.1, 0.15) is 6.92 Å². The maximum Gasteiger partial charge on any atom is 0.273 e. The first-order valence-electron chi connectivity index (χ1n) is 4.25. The standard InChI is InChI=1S/C7H15N5O2/c1-3(13)2-10-4-5(8)11-7(9)12-6(4)14/h3,7,10-11,13H,2,8-9H2,1H3,(H,12,14). The summed E-state index contributed by atoms with van der Waals surface area (Å²) in [5.74, 6) is -0.198. The fourth-order valence-electron chi connectivity index (χ4n) is 1.04. The van der Waals surface area contributed by atoms with E-state index < -0.39 is 12.4 Å². The highest BCUT2D eigenvalue weighted by molar-refractivity contribution is 5.94. The van der Waals surface area contributed by atoms with Crippen LogP contribution in [0, 0.1) is 0 Å². The van der Waals surface area contributed by atoms with Gasteiger partial charge in [0.1, 0.15) is 11.5 Å². The highest BCUT2D eigenvalue weighted by atomic mass is 16.3. The van der Waals surface area contributed by atoms with Crippen molar-refractivity contribution in [2.24, 2.45) is 11.5 Å². The molecule has 1 aliphatic heterocycles. The van der Waals surface area contributed by atoms with E-state index in [2.05, 4.69) is 16.0 Å². The van der Waals surface area contributed by atoms with E-state index in [1.807, 2.05) is 0 Å². The van der Waals surface area contributed by atoms with Gasteiger partial charge >= 0.3 is 0 Å². The van der Waals surface area contributed by atoms with Crippen LogP contribution in [0.25, 0.3) is 0 Å². The lowest BCUT2D eigenvalue weighted by molar-refractivity contribution is -0.119. The summed E-state index contributed by atoms with van der Waals surface area (Å²) in [5.41, 5.74) is 11.1. The van der Waals surface area contributed by atoms with Crippen molar-refractivity contribution in [2.75, 3.05) is 6.54 Å². The Morgan fingerprint density at radius 2 is 2.29 bits per heavy atom. The lowest BCUT2D eigenvalue weighted by Crippen LogP contribution is -2.59. The third kappa shape index (κ3) is 2.51. The average Bonchev–Trinajstić information content (AvgIpc) is 2.01. The minimum Gasteiger partial charge on any atom is -0.392 e. The van der Waals surface area contributed by atoms with E-state index in [1.54, 1.807) is 6.92 Å². The summed E-state index contributed by atoms with van der Waals surface area (Å²) in [6.45, 7) is 1.85. The predicted octanol–water partition coefficient (Wildman–Crippen LogP) is -2.95. The van der Waals surface area contributed by atoms with Crippen LogP contribution in [-0.2, 0) is 4.79 Å². The molecule has 0 aliphatic carbocycles. The van der Waals surface area contributed by atoms with Crippen LogP contribution in [0.4, 0.5) is 0 Å². The molecular formula is C7H15N5O2. The van der Waals surface area contributed by atoms with Gasteiger partial charge in [0, 0.05) is 6.54 Å². The first kappa shape index (κ1) is 10.6. The Labute approximate surface area is 81.5 Å². The second kappa shape index (κ2) is 4.16. The number of nitrogens with two attached hydrogens (primary N) is 2. The largest absolute Gasteiger partial charge is 0.392 e. The molecule has 1 amide bonds. The molecule has 0 bridgehead atoms. The van der Waals surface area contributed by atoms with Gasteiger partial charge < -0.3 is 26.8 Å². The van der Waals surface area contributed by atoms with Gasteiger partial charge in [-0.15, -0.1) is 0 Å². The van der Waals surface area contributed by atoms with E-state index in [0.29, 0.717) is 0 Å². The van der Waals surface area contributed by atoms with Crippen molar-refractivity contribution in [3.05, 3.63) is 11.5 Å². The summed E-state index contributed by atoms with van der Waals surface area (Å²) in [4.78, 5) is 11.3. The molecule has 0 fully saturated rings. The predicted molar refractivity (Wildman–Crippen MR) is 50.2 cm³/mol. The normalized spacial score (nSPS) is 23.9. The number of rotatable bonds is 3. The molecule has 7 nitrogen and oxygen atoms in total. The molecular weight excluding hydrogens is 186 g/mol. The summed E-state index contributed by atoms with van der Waals surface area (Å²) in [6.07, 6.45) is -1.22. The average molecular weight is 201 g/mol. The topological polar surface area (TPSA) is 125 Å². The number of aliphatic hydroxyl groups is 1. The monoisotopic (exact) mass is 201 g/mol. The van der Waals surface area contributed by atoms with Gasteiger partial charge in [0.2, 0.25) is 0 Å². The molecule has 0 saturated carbocycles. The number of hydrogen-bond acceptors (Lipinski definition) is 6. The Kier molecular flexibility index (Phi) is 3.15. The Bertz CT molecular complexity index is 263. The highest BCUT2D eigenvalue weighted by Gasteiger charge is 2.22. The quantitative estimate of drug-likeness (QED) is 0.290. The van der Waals surface area contributed by atoms with E-state index in [4.69, 9.17) is 16.6 Å². The Morgan fingerprint density at radius 1 is 1.64 bits per heavy atom. The van der Waals surface area contributed by atoms with Crippen molar-refractivity contribution in [3.63, 3.8) is 0 Å². The third-order valence-corrected chi connectivity index (χ3v) is 1.67. The van der Waals surface area contributed by atoms with Crippen LogP contribution in [0.15, 0.2) is 11.5 Å². The molecule has 1 aliphatic rings. The van der Waals surface area contributed by atoms with E-state index >= 15 is 0 Å². The fraction of sp³-hybridized carbons (Fsp3) is 0.571. The SMILES string of the molecule is CC(O)CNC1=C(N)NC(N)NC1=O. The first-order chi connectivity index (χ1) is 6.50. The molecule has 0 aromatic rings. The summed E-state index contributed by atoms with van der Waals surface area (Å²) in [5, 5.41) is 16.8. The number of hydrogen-bond donors (Lipinski definition) is 6. The molecule has 0 radical (unpaired) electrons. The minimum absolute atomic E-state index is 0.182. The lowest BCUT2D eigenvalue weighted by atomic mass is 10.3. The zero-order valence-corrected chi connectivity index (χ0v) is 7.87. The van der Waals surface area contributed by atoms with Crippen molar-refractivity contribution < 1.29 is 9.90 Å². The van der Waals surface area contributed by atoms with Crippen LogP contribution in [0.5, 0.6) is 0 Å². The van der Waals surface area contributed by atoms with Crippen molar-refractivity contribution in [1.29, 1.82) is 0 Å². The highest BCUT2D eigenvalue weighted by Crippen LogP contribution is 1.98. The third-order valence-electron chi connectivity index (χ3n) is 1.67. The molecule has 0 saturated heterocycles. The van der Waals surface area contributed by atoms with Crippen LogP contribution >= 0.6 is 0 Å². The Hall–Kier alpha value is -1.47. The number of carbonyl (C=O) groups excluding carboxylic acids is 1. The van der Waals surface area contributed by atoms with Crippen molar-refractivity contribution in [2.45, 2.75) is 19.3 Å². The minimum atomic E-state index is -0.667. The molecule has 0 aromatic heterocycles. The smallest absolute Gasteiger partial charge is 0.273 e. The summed E-state index contributed by atoms with van der Waals surface area (Å²) >= 11 is 0. The second-order valence-corrected chi connectivity index (χ2v) is 3.11. The lowest BCUT2D eigenvalue weighted by Gasteiger charge is -2.25. The Balaban J connectivity index is 2.64. The summed E-state index contributed by atoms with van der Waals surface area (Å²) in [7, 11) is 0. The summed E-state index contributed by atoms with van der Waals surface area (Å²) < 4.78 is 0. The Morgan fingerprint density at radius 3 is 2.79 bits per heavy atom. The molecule has 0 spiro atoms. The molecule has 0 aromatic carbocycles. The number of nitrogens with one attached hydrogen (secondary N) is 3. The number of carbonyl (C=O) groups is 1. The fourth-order valence-corrected chi connectivity index (χ4v) is 1.04. The van der Waals surface area contributed by atoms with E-state index in [-0.39, 0.29) is 24.0 Å². The van der Waals surface area contributed by atoms with Crippen LogP contribution in [0.2, 0.25) is 0 Å². The number of amides is 1. The zero-order chi connectivity index (χ0) is 10.7. The van der Waals surface area contributed by atoms with Gasteiger partial charge in [-0.3, -0.25) is 10.5 Å². The second-order valence-electron chi connectivity index (χ2n) is 3.11. The zero-order valence-electron chi connectivity index (χ0n) is 7.87. The molecule has 7 heteroatoms. The molecule has 1 rings (SSSR count). The van der Waals surface area contributed by atoms with Gasteiger partial charge in [0.15, 0.2) is 6.29 Å². The summed E-state index contributed by atoms with van der Waals surface area (Å²) in [6, 6.07) is 0. The molecule has 80 valence electrons. The molecule has 8 N–H and O–H groups in total. The van der Waals surface area contributed by atoms with Gasteiger partial charge in [-0.2, -0.15) is 0 Å². The van der Waals surface area contributed by atoms with Crippen LogP contribution < -0.4 is 27.4 Å². The van der Waals surface area contributed by atoms with Gasteiger partial charge in [-0.05, 0) is 6.92 Å². The van der Waals surface area contributed by atoms with Crippen molar-refractivity contribution >= 4 is 5.91 Å². The van der Waals surface area contributed by atoms with Crippen molar-refractivity contribution in [3.8, 4) is 0 Å². The molecule has 1 heterocycles. The van der Waals surface area contributed by atoms with Crippen LogP contribution in [0.3, 0.4) is 0 Å². The first-order valence-corrected chi connectivity index (χ1v) is 4.25. The van der Waals surface area contributed by atoms with E-state index in [1.165, 1.54) is 0 Å².